The van der Waals surface area contributed by atoms with Gasteiger partial charge in [-0.1, -0.05) is 182 Å². The first kappa shape index (κ1) is 33.6. The van der Waals surface area contributed by atoms with Gasteiger partial charge >= 0.3 is 0 Å². The number of hydrogen-bond donors (Lipinski definition) is 0. The Balaban J connectivity index is 1.12. The third-order valence-electron chi connectivity index (χ3n) is 11.5. The van der Waals surface area contributed by atoms with Gasteiger partial charge in [0.1, 0.15) is 11.2 Å². The number of nitrogens with zero attached hydrogens (tertiary/aromatic N) is 1. The molecule has 2 nitrogen and oxygen atoms in total. The number of benzene rings is 10. The first-order chi connectivity index (χ1) is 28.8. The molecule has 0 saturated carbocycles. The third-order valence-corrected chi connectivity index (χ3v) is 11.5. The highest BCUT2D eigenvalue weighted by molar-refractivity contribution is 6.15. The van der Waals surface area contributed by atoms with E-state index in [2.05, 4.69) is 217 Å². The van der Waals surface area contributed by atoms with E-state index in [1.165, 1.54) is 49.4 Å². The van der Waals surface area contributed by atoms with Gasteiger partial charge in [-0.3, -0.25) is 0 Å². The van der Waals surface area contributed by atoms with Crippen LogP contribution in [0.4, 0.5) is 17.1 Å². The molecule has 0 aliphatic carbocycles. The first-order valence-electron chi connectivity index (χ1n) is 19.8. The van der Waals surface area contributed by atoms with Crippen LogP contribution in [0.15, 0.2) is 229 Å². The number of fused-ring (bicyclic) bond motifs is 6. The van der Waals surface area contributed by atoms with Gasteiger partial charge in [-0.2, -0.15) is 0 Å². The predicted octanol–water partition coefficient (Wildman–Crippen LogP) is 16.0. The molecule has 0 N–H and O–H groups in total. The van der Waals surface area contributed by atoms with Gasteiger partial charge in [0, 0.05) is 27.4 Å². The van der Waals surface area contributed by atoms with Gasteiger partial charge in [0.2, 0.25) is 0 Å². The molecule has 0 unspecified atom stereocenters. The summed E-state index contributed by atoms with van der Waals surface area (Å²) in [5.41, 5.74) is 14.6. The van der Waals surface area contributed by atoms with Crippen LogP contribution in [0.1, 0.15) is 0 Å². The van der Waals surface area contributed by atoms with Crippen molar-refractivity contribution in [2.45, 2.75) is 0 Å². The second-order valence-electron chi connectivity index (χ2n) is 14.8. The highest BCUT2D eigenvalue weighted by Crippen LogP contribution is 2.48. The van der Waals surface area contributed by atoms with E-state index in [-0.39, 0.29) is 0 Å². The van der Waals surface area contributed by atoms with Gasteiger partial charge in [-0.15, -0.1) is 0 Å². The molecular weight excluding hydrogens is 703 g/mol. The largest absolute Gasteiger partial charge is 0.456 e. The van der Waals surface area contributed by atoms with Crippen LogP contribution >= 0.6 is 0 Å². The maximum Gasteiger partial charge on any atom is 0.135 e. The minimum absolute atomic E-state index is 0.902. The van der Waals surface area contributed by atoms with Gasteiger partial charge in [0.05, 0.1) is 11.4 Å². The summed E-state index contributed by atoms with van der Waals surface area (Å²) < 4.78 is 6.16. The number of furan rings is 1. The summed E-state index contributed by atoms with van der Waals surface area (Å²) in [6.45, 7) is 0. The molecule has 0 atom stereocenters. The molecule has 11 rings (SSSR count). The molecule has 272 valence electrons. The Morgan fingerprint density at radius 1 is 0.276 bits per heavy atom. The Hall–Kier alpha value is -7.68. The maximum atomic E-state index is 6.16. The van der Waals surface area contributed by atoms with E-state index in [9.17, 15) is 0 Å². The van der Waals surface area contributed by atoms with Crippen LogP contribution in [0.25, 0.3) is 88.0 Å². The number of rotatable bonds is 7. The SMILES string of the molecule is c1ccc(-c2ccccc2-c2ccccc2-c2ccccc2N(c2ccc(-c3ccc4oc5ccccc5c4c3)cc2)c2cc3ccccc3c3ccccc23)cc1. The van der Waals surface area contributed by atoms with Crippen LogP contribution in [0.3, 0.4) is 0 Å². The Morgan fingerprint density at radius 2 is 0.810 bits per heavy atom. The van der Waals surface area contributed by atoms with Crippen molar-refractivity contribution >= 4 is 60.5 Å². The van der Waals surface area contributed by atoms with Gasteiger partial charge in [0.15, 0.2) is 0 Å². The molecule has 11 aromatic rings. The molecule has 1 aromatic heterocycles. The standard InChI is InChI=1S/C56H37NO/c1-2-16-39(17-3-1)43-19-6-7-21-45(43)47-23-8-9-24-48(47)49-25-12-14-28-53(49)57(54-37-41-18-4-5-20-44(41)46-22-10-11-26-50(46)54)42-33-30-38(31-34-42)40-32-35-56-52(36-40)51-27-13-15-29-55(51)58-56/h1-37H. The third kappa shape index (κ3) is 5.74. The maximum absolute atomic E-state index is 6.16. The van der Waals surface area contributed by atoms with Gasteiger partial charge in [-0.25, -0.2) is 0 Å². The number of hydrogen-bond acceptors (Lipinski definition) is 2. The quantitative estimate of drug-likeness (QED) is 0.151. The van der Waals surface area contributed by atoms with E-state index in [0.29, 0.717) is 0 Å². The molecule has 10 aromatic carbocycles. The second-order valence-corrected chi connectivity index (χ2v) is 14.8. The summed E-state index contributed by atoms with van der Waals surface area (Å²) in [6, 6.07) is 80.9. The summed E-state index contributed by atoms with van der Waals surface area (Å²) in [7, 11) is 0. The van der Waals surface area contributed by atoms with Gasteiger partial charge in [0.25, 0.3) is 0 Å². The van der Waals surface area contributed by atoms with E-state index in [4.69, 9.17) is 4.42 Å². The zero-order valence-electron chi connectivity index (χ0n) is 31.7. The minimum Gasteiger partial charge on any atom is -0.456 e. The van der Waals surface area contributed by atoms with Crippen molar-refractivity contribution < 1.29 is 4.42 Å². The average Bonchev–Trinajstić information content (AvgIpc) is 3.68. The van der Waals surface area contributed by atoms with Crippen LogP contribution in [-0.2, 0) is 0 Å². The molecule has 58 heavy (non-hydrogen) atoms. The summed E-state index contributed by atoms with van der Waals surface area (Å²) in [4.78, 5) is 2.46. The van der Waals surface area contributed by atoms with Crippen LogP contribution < -0.4 is 4.90 Å². The fraction of sp³-hybridized carbons (Fsp3) is 0. The topological polar surface area (TPSA) is 16.4 Å². The molecule has 0 aliphatic heterocycles. The second kappa shape index (κ2) is 14.1. The Morgan fingerprint density at radius 3 is 1.59 bits per heavy atom. The van der Waals surface area contributed by atoms with Crippen LogP contribution in [0.5, 0.6) is 0 Å². The van der Waals surface area contributed by atoms with Crippen molar-refractivity contribution in [1.29, 1.82) is 0 Å². The molecular formula is C56H37NO. The van der Waals surface area contributed by atoms with Crippen molar-refractivity contribution in [2.24, 2.45) is 0 Å². The molecule has 0 bridgehead atoms. The molecule has 0 radical (unpaired) electrons. The predicted molar refractivity (Wildman–Crippen MR) is 245 cm³/mol. The first-order valence-corrected chi connectivity index (χ1v) is 19.8. The van der Waals surface area contributed by atoms with Crippen molar-refractivity contribution in [1.82, 2.24) is 0 Å². The minimum atomic E-state index is 0.902. The Kier molecular flexibility index (Phi) is 8.19. The molecule has 0 spiro atoms. The molecule has 1 heterocycles. The molecule has 0 fully saturated rings. The zero-order valence-corrected chi connectivity index (χ0v) is 31.7. The van der Waals surface area contributed by atoms with E-state index >= 15 is 0 Å². The summed E-state index contributed by atoms with van der Waals surface area (Å²) in [5.74, 6) is 0. The highest BCUT2D eigenvalue weighted by Gasteiger charge is 2.22. The average molecular weight is 740 g/mol. The molecule has 2 heteroatoms. The fourth-order valence-corrected chi connectivity index (χ4v) is 8.77. The van der Waals surface area contributed by atoms with Crippen molar-refractivity contribution in [3.63, 3.8) is 0 Å². The lowest BCUT2D eigenvalue weighted by Crippen LogP contribution is -2.12. The van der Waals surface area contributed by atoms with Crippen LogP contribution in [0, 0.1) is 0 Å². The van der Waals surface area contributed by atoms with Gasteiger partial charge < -0.3 is 9.32 Å². The summed E-state index contributed by atoms with van der Waals surface area (Å²) in [5, 5.41) is 7.13. The monoisotopic (exact) mass is 739 g/mol. The zero-order chi connectivity index (χ0) is 38.4. The van der Waals surface area contributed by atoms with E-state index in [1.54, 1.807) is 0 Å². The highest BCUT2D eigenvalue weighted by atomic mass is 16.3. The Bertz CT molecular complexity index is 3290. The lowest BCUT2D eigenvalue weighted by atomic mass is 9.88. The van der Waals surface area contributed by atoms with E-state index in [1.807, 2.05) is 12.1 Å². The molecule has 0 saturated heterocycles. The van der Waals surface area contributed by atoms with Crippen LogP contribution in [-0.4, -0.2) is 0 Å². The van der Waals surface area contributed by atoms with Crippen molar-refractivity contribution in [3.05, 3.63) is 224 Å². The fourth-order valence-electron chi connectivity index (χ4n) is 8.77. The van der Waals surface area contributed by atoms with Gasteiger partial charge in [-0.05, 0) is 97.6 Å². The van der Waals surface area contributed by atoms with E-state index < -0.39 is 0 Å². The molecule has 0 aliphatic rings. The molecule has 0 amide bonds. The van der Waals surface area contributed by atoms with E-state index in [0.717, 1.165) is 55.7 Å². The van der Waals surface area contributed by atoms with Crippen molar-refractivity contribution in [3.8, 4) is 44.5 Å². The summed E-state index contributed by atoms with van der Waals surface area (Å²) in [6.07, 6.45) is 0. The number of para-hydroxylation sites is 2. The Labute approximate surface area is 337 Å². The smallest absolute Gasteiger partial charge is 0.135 e. The summed E-state index contributed by atoms with van der Waals surface area (Å²) >= 11 is 0. The van der Waals surface area contributed by atoms with Crippen molar-refractivity contribution in [2.75, 3.05) is 4.90 Å². The number of anilines is 3. The normalized spacial score (nSPS) is 11.4. The van der Waals surface area contributed by atoms with Crippen LogP contribution in [0.2, 0.25) is 0 Å². The lowest BCUT2D eigenvalue weighted by molar-refractivity contribution is 0.669. The lowest BCUT2D eigenvalue weighted by Gasteiger charge is -2.30.